The molecular weight excluding hydrogens is 210 g/mol. The summed E-state index contributed by atoms with van der Waals surface area (Å²) in [5.74, 6) is 0.637. The zero-order chi connectivity index (χ0) is 12.5. The average molecular weight is 235 g/mol. The van der Waals surface area contributed by atoms with E-state index in [1.165, 1.54) is 25.7 Å². The topological polar surface area (TPSA) is 43.8 Å². The van der Waals surface area contributed by atoms with Crippen LogP contribution in [-0.2, 0) is 13.5 Å². The van der Waals surface area contributed by atoms with Crippen LogP contribution in [0.15, 0.2) is 12.3 Å². The van der Waals surface area contributed by atoms with Crippen LogP contribution in [0, 0.1) is 11.3 Å². The molecule has 2 N–H and O–H groups in total. The highest BCUT2D eigenvalue weighted by Gasteiger charge is 2.36. The molecule has 0 bridgehead atoms. The lowest BCUT2D eigenvalue weighted by Gasteiger charge is -2.42. The first kappa shape index (κ1) is 12.6. The van der Waals surface area contributed by atoms with E-state index in [2.05, 4.69) is 25.0 Å². The van der Waals surface area contributed by atoms with Crippen LogP contribution in [0.2, 0.25) is 0 Å². The van der Waals surface area contributed by atoms with Crippen LogP contribution < -0.4 is 5.73 Å². The fourth-order valence-corrected chi connectivity index (χ4v) is 3.27. The number of hydrogen-bond acceptors (Lipinski definition) is 2. The Morgan fingerprint density at radius 2 is 2.29 bits per heavy atom. The Labute approximate surface area is 104 Å². The summed E-state index contributed by atoms with van der Waals surface area (Å²) in [6.45, 7) is 4.74. The van der Waals surface area contributed by atoms with E-state index in [-0.39, 0.29) is 6.04 Å². The molecule has 2 atom stereocenters. The standard InChI is InChI=1S/C14H25N3/c1-14(2)8-5-4-6-12(14)13(15)10-11-7-9-17(3)16-11/h7,9,12-13H,4-6,8,10,15H2,1-3H3. The summed E-state index contributed by atoms with van der Waals surface area (Å²) in [4.78, 5) is 0. The minimum Gasteiger partial charge on any atom is -0.327 e. The van der Waals surface area contributed by atoms with Gasteiger partial charge in [0.25, 0.3) is 0 Å². The van der Waals surface area contributed by atoms with E-state index >= 15 is 0 Å². The highest BCUT2D eigenvalue weighted by molar-refractivity contribution is 5.03. The van der Waals surface area contributed by atoms with Gasteiger partial charge in [-0.1, -0.05) is 26.7 Å². The first-order valence-electron chi connectivity index (χ1n) is 6.73. The zero-order valence-corrected chi connectivity index (χ0v) is 11.3. The summed E-state index contributed by atoms with van der Waals surface area (Å²) >= 11 is 0. The van der Waals surface area contributed by atoms with Crippen molar-refractivity contribution < 1.29 is 0 Å². The molecule has 1 aromatic rings. The van der Waals surface area contributed by atoms with Gasteiger partial charge in [-0.2, -0.15) is 5.10 Å². The van der Waals surface area contributed by atoms with E-state index in [9.17, 15) is 0 Å². The maximum atomic E-state index is 6.42. The molecule has 0 aliphatic heterocycles. The first-order chi connectivity index (χ1) is 7.99. The van der Waals surface area contributed by atoms with Gasteiger partial charge in [0.15, 0.2) is 0 Å². The van der Waals surface area contributed by atoms with Crippen molar-refractivity contribution in [2.45, 2.75) is 52.0 Å². The lowest BCUT2D eigenvalue weighted by Crippen LogP contribution is -2.43. The van der Waals surface area contributed by atoms with Gasteiger partial charge in [-0.15, -0.1) is 0 Å². The molecule has 2 rings (SSSR count). The van der Waals surface area contributed by atoms with Crippen LogP contribution in [0.5, 0.6) is 0 Å². The molecular formula is C14H25N3. The Kier molecular flexibility index (Phi) is 3.57. The Hall–Kier alpha value is -0.830. The van der Waals surface area contributed by atoms with Gasteiger partial charge in [0.2, 0.25) is 0 Å². The number of aromatic nitrogens is 2. The molecule has 0 saturated heterocycles. The monoisotopic (exact) mass is 235 g/mol. The van der Waals surface area contributed by atoms with E-state index in [1.54, 1.807) is 0 Å². The van der Waals surface area contributed by atoms with E-state index in [0.29, 0.717) is 11.3 Å². The molecule has 0 amide bonds. The van der Waals surface area contributed by atoms with Gasteiger partial charge < -0.3 is 5.73 Å². The van der Waals surface area contributed by atoms with Crippen molar-refractivity contribution in [2.24, 2.45) is 24.1 Å². The largest absolute Gasteiger partial charge is 0.327 e. The van der Waals surface area contributed by atoms with Crippen molar-refractivity contribution in [1.82, 2.24) is 9.78 Å². The van der Waals surface area contributed by atoms with Gasteiger partial charge in [-0.25, -0.2) is 0 Å². The van der Waals surface area contributed by atoms with Crippen LogP contribution in [0.3, 0.4) is 0 Å². The summed E-state index contributed by atoms with van der Waals surface area (Å²) in [6, 6.07) is 2.33. The molecule has 17 heavy (non-hydrogen) atoms. The summed E-state index contributed by atoms with van der Waals surface area (Å²) < 4.78 is 1.86. The average Bonchev–Trinajstić information content (AvgIpc) is 2.63. The van der Waals surface area contributed by atoms with Gasteiger partial charge in [-0.3, -0.25) is 4.68 Å². The Morgan fingerprint density at radius 3 is 2.88 bits per heavy atom. The van der Waals surface area contributed by atoms with Gasteiger partial charge in [-0.05, 0) is 30.2 Å². The second-order valence-electron chi connectivity index (χ2n) is 6.19. The summed E-state index contributed by atoms with van der Waals surface area (Å²) in [5.41, 5.74) is 7.94. The number of rotatable bonds is 3. The van der Waals surface area contributed by atoms with Crippen molar-refractivity contribution in [1.29, 1.82) is 0 Å². The van der Waals surface area contributed by atoms with Gasteiger partial charge in [0.1, 0.15) is 0 Å². The molecule has 0 spiro atoms. The maximum Gasteiger partial charge on any atom is 0.0640 e. The van der Waals surface area contributed by atoms with E-state index in [4.69, 9.17) is 5.73 Å². The fourth-order valence-electron chi connectivity index (χ4n) is 3.27. The molecule has 0 aromatic carbocycles. The minimum absolute atomic E-state index is 0.250. The van der Waals surface area contributed by atoms with Crippen molar-refractivity contribution in [3.63, 3.8) is 0 Å². The quantitative estimate of drug-likeness (QED) is 0.875. The molecule has 3 heteroatoms. The molecule has 96 valence electrons. The Morgan fingerprint density at radius 1 is 1.53 bits per heavy atom. The predicted molar refractivity (Wildman–Crippen MR) is 70.6 cm³/mol. The lowest BCUT2D eigenvalue weighted by atomic mass is 9.65. The molecule has 1 aliphatic carbocycles. The molecule has 1 aromatic heterocycles. The first-order valence-corrected chi connectivity index (χ1v) is 6.73. The third-order valence-electron chi connectivity index (χ3n) is 4.32. The number of nitrogens with two attached hydrogens (primary N) is 1. The summed E-state index contributed by atoms with van der Waals surface area (Å²) in [5, 5.41) is 4.43. The molecule has 1 fully saturated rings. The minimum atomic E-state index is 0.250. The van der Waals surface area contributed by atoms with Crippen molar-refractivity contribution >= 4 is 0 Å². The third kappa shape index (κ3) is 2.89. The number of aryl methyl sites for hydroxylation is 1. The Bertz CT molecular complexity index is 367. The molecule has 3 nitrogen and oxygen atoms in total. The highest BCUT2D eigenvalue weighted by Crippen LogP contribution is 2.42. The van der Waals surface area contributed by atoms with Crippen molar-refractivity contribution in [3.8, 4) is 0 Å². The van der Waals surface area contributed by atoms with Crippen LogP contribution in [0.4, 0.5) is 0 Å². The van der Waals surface area contributed by atoms with Crippen LogP contribution in [0.1, 0.15) is 45.2 Å². The van der Waals surface area contributed by atoms with Crippen molar-refractivity contribution in [2.75, 3.05) is 0 Å². The second kappa shape index (κ2) is 4.81. The second-order valence-corrected chi connectivity index (χ2v) is 6.19. The normalized spacial score (nSPS) is 25.8. The lowest BCUT2D eigenvalue weighted by molar-refractivity contribution is 0.112. The smallest absolute Gasteiger partial charge is 0.0640 e. The van der Waals surface area contributed by atoms with E-state index in [1.807, 2.05) is 17.9 Å². The zero-order valence-electron chi connectivity index (χ0n) is 11.3. The molecule has 1 heterocycles. The number of nitrogens with zero attached hydrogens (tertiary/aromatic N) is 2. The maximum absolute atomic E-state index is 6.42. The van der Waals surface area contributed by atoms with Crippen molar-refractivity contribution in [3.05, 3.63) is 18.0 Å². The van der Waals surface area contributed by atoms with Gasteiger partial charge in [0.05, 0.1) is 5.69 Å². The van der Waals surface area contributed by atoms with Crippen LogP contribution >= 0.6 is 0 Å². The van der Waals surface area contributed by atoms with Gasteiger partial charge >= 0.3 is 0 Å². The van der Waals surface area contributed by atoms with E-state index < -0.39 is 0 Å². The number of hydrogen-bond donors (Lipinski definition) is 1. The molecule has 0 radical (unpaired) electrons. The van der Waals surface area contributed by atoms with E-state index in [0.717, 1.165) is 12.1 Å². The summed E-state index contributed by atoms with van der Waals surface area (Å²) in [6.07, 6.45) is 8.20. The fraction of sp³-hybridized carbons (Fsp3) is 0.786. The third-order valence-corrected chi connectivity index (χ3v) is 4.32. The van der Waals surface area contributed by atoms with Crippen LogP contribution in [-0.4, -0.2) is 15.8 Å². The highest BCUT2D eigenvalue weighted by atomic mass is 15.2. The summed E-state index contributed by atoms with van der Waals surface area (Å²) in [7, 11) is 1.96. The molecule has 1 saturated carbocycles. The van der Waals surface area contributed by atoms with Gasteiger partial charge in [0, 0.05) is 25.7 Å². The predicted octanol–water partition coefficient (Wildman–Crippen LogP) is 2.51. The Balaban J connectivity index is 2.01. The molecule has 1 aliphatic rings. The van der Waals surface area contributed by atoms with Crippen LogP contribution in [0.25, 0.3) is 0 Å². The SMILES string of the molecule is Cn1ccc(CC(N)C2CCCCC2(C)C)n1. The molecule has 2 unspecified atom stereocenters.